The fourth-order valence-electron chi connectivity index (χ4n) is 2.83. The van der Waals surface area contributed by atoms with E-state index in [9.17, 15) is 13.6 Å². The number of amides is 1. The summed E-state index contributed by atoms with van der Waals surface area (Å²) >= 11 is 0. The monoisotopic (exact) mass is 376 g/mol. The second-order valence-corrected chi connectivity index (χ2v) is 6.52. The average Bonchev–Trinajstić information content (AvgIpc) is 2.88. The molecule has 0 aliphatic carbocycles. The quantitative estimate of drug-likeness (QED) is 0.863. The number of ether oxygens (including phenoxy) is 2. The highest BCUT2D eigenvalue weighted by molar-refractivity contribution is 5.92. The Morgan fingerprint density at radius 2 is 1.85 bits per heavy atom. The van der Waals surface area contributed by atoms with E-state index in [1.165, 1.54) is 6.07 Å². The predicted molar refractivity (Wildman–Crippen MR) is 98.1 cm³/mol. The molecule has 0 saturated carbocycles. The van der Waals surface area contributed by atoms with Gasteiger partial charge in [0.15, 0.2) is 23.1 Å². The molecule has 0 saturated heterocycles. The van der Waals surface area contributed by atoms with Crippen LogP contribution in [0.15, 0.2) is 36.4 Å². The number of rotatable bonds is 5. The SMILES string of the molecule is CC(c1ccc(F)c(F)c1)N(C)CC(=O)Nc1ccc2c(c1)OCCCO2. The van der Waals surface area contributed by atoms with Gasteiger partial charge in [0, 0.05) is 24.2 Å². The molecule has 1 atom stereocenters. The van der Waals surface area contributed by atoms with Gasteiger partial charge in [-0.05, 0) is 43.8 Å². The summed E-state index contributed by atoms with van der Waals surface area (Å²) < 4.78 is 37.7. The molecule has 1 aliphatic rings. The minimum atomic E-state index is -0.899. The van der Waals surface area contributed by atoms with Crippen molar-refractivity contribution in [1.29, 1.82) is 0 Å². The summed E-state index contributed by atoms with van der Waals surface area (Å²) in [6.07, 6.45) is 0.809. The number of nitrogens with one attached hydrogen (secondary N) is 1. The summed E-state index contributed by atoms with van der Waals surface area (Å²) in [5.74, 6) is -0.741. The summed E-state index contributed by atoms with van der Waals surface area (Å²) in [7, 11) is 1.75. The van der Waals surface area contributed by atoms with E-state index in [-0.39, 0.29) is 18.5 Å². The Balaban J connectivity index is 1.61. The van der Waals surface area contributed by atoms with Crippen molar-refractivity contribution in [2.24, 2.45) is 0 Å². The van der Waals surface area contributed by atoms with E-state index in [0.29, 0.717) is 36.0 Å². The van der Waals surface area contributed by atoms with E-state index in [1.807, 2.05) is 6.92 Å². The minimum absolute atomic E-state index is 0.0919. The molecule has 1 amide bonds. The number of benzene rings is 2. The van der Waals surface area contributed by atoms with E-state index in [1.54, 1.807) is 30.1 Å². The van der Waals surface area contributed by atoms with Crippen LogP contribution in [0.5, 0.6) is 11.5 Å². The number of carbonyl (C=O) groups excluding carboxylic acids is 1. The molecule has 1 heterocycles. The highest BCUT2D eigenvalue weighted by Crippen LogP contribution is 2.32. The third kappa shape index (κ3) is 4.74. The lowest BCUT2D eigenvalue weighted by molar-refractivity contribution is -0.117. The van der Waals surface area contributed by atoms with Gasteiger partial charge in [-0.2, -0.15) is 0 Å². The first-order valence-electron chi connectivity index (χ1n) is 8.78. The third-order valence-electron chi connectivity index (χ3n) is 4.51. The maximum atomic E-state index is 13.4. The Labute approximate surface area is 156 Å². The van der Waals surface area contributed by atoms with Crippen LogP contribution in [0.1, 0.15) is 24.9 Å². The van der Waals surface area contributed by atoms with Gasteiger partial charge in [0.2, 0.25) is 5.91 Å². The Kier molecular flexibility index (Phi) is 5.91. The van der Waals surface area contributed by atoms with Crippen LogP contribution < -0.4 is 14.8 Å². The highest BCUT2D eigenvalue weighted by Gasteiger charge is 2.17. The summed E-state index contributed by atoms with van der Waals surface area (Å²) in [6.45, 7) is 3.09. The number of nitrogens with zero attached hydrogens (tertiary/aromatic N) is 1. The molecule has 1 unspecified atom stereocenters. The Hall–Kier alpha value is -2.67. The summed E-state index contributed by atoms with van der Waals surface area (Å²) in [5, 5.41) is 2.82. The van der Waals surface area contributed by atoms with Crippen molar-refractivity contribution < 1.29 is 23.0 Å². The first-order valence-corrected chi connectivity index (χ1v) is 8.78. The second-order valence-electron chi connectivity index (χ2n) is 6.52. The van der Waals surface area contributed by atoms with Crippen molar-refractivity contribution in [3.05, 3.63) is 53.6 Å². The Morgan fingerprint density at radius 3 is 2.59 bits per heavy atom. The molecule has 2 aromatic rings. The zero-order chi connectivity index (χ0) is 19.4. The maximum absolute atomic E-state index is 13.4. The number of likely N-dealkylation sites (N-methyl/N-ethyl adjacent to an activating group) is 1. The summed E-state index contributed by atoms with van der Waals surface area (Å²) in [6, 6.07) is 8.76. The number of hydrogen-bond acceptors (Lipinski definition) is 4. The van der Waals surface area contributed by atoms with Gasteiger partial charge >= 0.3 is 0 Å². The zero-order valence-electron chi connectivity index (χ0n) is 15.3. The van der Waals surface area contributed by atoms with Gasteiger partial charge in [0.1, 0.15) is 0 Å². The summed E-state index contributed by atoms with van der Waals surface area (Å²) in [5.41, 5.74) is 1.21. The van der Waals surface area contributed by atoms with Gasteiger partial charge in [-0.25, -0.2) is 8.78 Å². The van der Waals surface area contributed by atoms with E-state index >= 15 is 0 Å². The number of anilines is 1. The van der Waals surface area contributed by atoms with Crippen LogP contribution in [0.4, 0.5) is 14.5 Å². The van der Waals surface area contributed by atoms with Crippen molar-refractivity contribution in [3.8, 4) is 11.5 Å². The highest BCUT2D eigenvalue weighted by atomic mass is 19.2. The maximum Gasteiger partial charge on any atom is 0.238 e. The first kappa shape index (κ1) is 19.1. The van der Waals surface area contributed by atoms with Crippen molar-refractivity contribution in [1.82, 2.24) is 4.90 Å². The molecule has 7 heteroatoms. The standard InChI is InChI=1S/C20H22F2N2O3/c1-13(14-4-6-16(21)17(22)10-14)24(2)12-20(25)23-15-5-7-18-19(11-15)27-9-3-8-26-18/h4-7,10-11,13H,3,8-9,12H2,1-2H3,(H,23,25). The lowest BCUT2D eigenvalue weighted by Gasteiger charge is -2.24. The fraction of sp³-hybridized carbons (Fsp3) is 0.350. The molecule has 0 bridgehead atoms. The third-order valence-corrected chi connectivity index (χ3v) is 4.51. The molecule has 1 aliphatic heterocycles. The molecule has 27 heavy (non-hydrogen) atoms. The molecule has 0 spiro atoms. The van der Waals surface area contributed by atoms with Crippen molar-refractivity contribution in [2.75, 3.05) is 32.1 Å². The van der Waals surface area contributed by atoms with E-state index in [4.69, 9.17) is 9.47 Å². The normalized spacial score (nSPS) is 14.6. The van der Waals surface area contributed by atoms with Crippen LogP contribution >= 0.6 is 0 Å². The van der Waals surface area contributed by atoms with Crippen molar-refractivity contribution in [3.63, 3.8) is 0 Å². The van der Waals surface area contributed by atoms with E-state index in [2.05, 4.69) is 5.32 Å². The zero-order valence-corrected chi connectivity index (χ0v) is 15.3. The van der Waals surface area contributed by atoms with Crippen molar-refractivity contribution in [2.45, 2.75) is 19.4 Å². The van der Waals surface area contributed by atoms with Crippen LogP contribution in [0.3, 0.4) is 0 Å². The Morgan fingerprint density at radius 1 is 1.11 bits per heavy atom. The lowest BCUT2D eigenvalue weighted by atomic mass is 10.1. The van der Waals surface area contributed by atoms with Gasteiger partial charge in [-0.3, -0.25) is 9.69 Å². The van der Waals surface area contributed by atoms with Gasteiger partial charge in [0.05, 0.1) is 19.8 Å². The van der Waals surface area contributed by atoms with Gasteiger partial charge < -0.3 is 14.8 Å². The molecule has 0 radical (unpaired) electrons. The van der Waals surface area contributed by atoms with E-state index in [0.717, 1.165) is 18.6 Å². The van der Waals surface area contributed by atoms with Crippen LogP contribution in [-0.4, -0.2) is 37.6 Å². The number of halogens is 2. The largest absolute Gasteiger partial charge is 0.490 e. The predicted octanol–water partition coefficient (Wildman–Crippen LogP) is 3.76. The topological polar surface area (TPSA) is 50.8 Å². The lowest BCUT2D eigenvalue weighted by Crippen LogP contribution is -2.32. The molecular weight excluding hydrogens is 354 g/mol. The fourth-order valence-corrected chi connectivity index (χ4v) is 2.83. The molecule has 0 aromatic heterocycles. The van der Waals surface area contributed by atoms with Gasteiger partial charge in [0.25, 0.3) is 0 Å². The molecular formula is C20H22F2N2O3. The molecule has 3 rings (SSSR count). The minimum Gasteiger partial charge on any atom is -0.490 e. The van der Waals surface area contributed by atoms with E-state index < -0.39 is 11.6 Å². The average molecular weight is 376 g/mol. The molecule has 0 fully saturated rings. The van der Waals surface area contributed by atoms with Crippen LogP contribution in [-0.2, 0) is 4.79 Å². The van der Waals surface area contributed by atoms with Gasteiger partial charge in [-0.1, -0.05) is 6.07 Å². The molecule has 5 nitrogen and oxygen atoms in total. The smallest absolute Gasteiger partial charge is 0.238 e. The van der Waals surface area contributed by atoms with Crippen LogP contribution in [0, 0.1) is 11.6 Å². The molecule has 2 aromatic carbocycles. The van der Waals surface area contributed by atoms with Crippen LogP contribution in [0.2, 0.25) is 0 Å². The summed E-state index contributed by atoms with van der Waals surface area (Å²) in [4.78, 5) is 14.1. The first-order chi connectivity index (χ1) is 12.9. The Bertz CT molecular complexity index is 829. The second kappa shape index (κ2) is 8.35. The molecule has 1 N–H and O–H groups in total. The number of carbonyl (C=O) groups is 1. The van der Waals surface area contributed by atoms with Crippen LogP contribution in [0.25, 0.3) is 0 Å². The van der Waals surface area contributed by atoms with Crippen molar-refractivity contribution >= 4 is 11.6 Å². The number of fused-ring (bicyclic) bond motifs is 1. The number of hydrogen-bond donors (Lipinski definition) is 1. The van der Waals surface area contributed by atoms with Gasteiger partial charge in [-0.15, -0.1) is 0 Å². The molecule has 144 valence electrons.